The van der Waals surface area contributed by atoms with Crippen molar-refractivity contribution in [2.75, 3.05) is 0 Å². The number of nitrogens with one attached hydrogen (secondary N) is 1. The lowest BCUT2D eigenvalue weighted by atomic mass is 10.0. The molecule has 0 spiro atoms. The van der Waals surface area contributed by atoms with E-state index in [-0.39, 0.29) is 12.2 Å². The molecule has 1 heterocycles. The Morgan fingerprint density at radius 1 is 1.24 bits per heavy atom. The fraction of sp³-hybridized carbons (Fsp3) is 0.611. The lowest BCUT2D eigenvalue weighted by Crippen LogP contribution is -2.33. The van der Waals surface area contributed by atoms with E-state index in [9.17, 15) is 4.79 Å². The predicted octanol–water partition coefficient (Wildman–Crippen LogP) is 3.26. The fourth-order valence-electron chi connectivity index (χ4n) is 3.23. The zero-order chi connectivity index (χ0) is 15.0. The van der Waals surface area contributed by atoms with Crippen molar-refractivity contribution in [2.45, 2.75) is 64.7 Å². The molecule has 1 aromatic rings. The van der Waals surface area contributed by atoms with Crippen LogP contribution in [0.1, 0.15) is 57.3 Å². The highest BCUT2D eigenvalue weighted by Gasteiger charge is 2.46. The van der Waals surface area contributed by atoms with Gasteiger partial charge in [-0.05, 0) is 42.7 Å². The van der Waals surface area contributed by atoms with Crippen molar-refractivity contribution in [1.82, 2.24) is 10.2 Å². The first-order valence-corrected chi connectivity index (χ1v) is 8.27. The average Bonchev–Trinajstić information content (AvgIpc) is 3.25. The monoisotopic (exact) mass is 286 g/mol. The van der Waals surface area contributed by atoms with Crippen LogP contribution < -0.4 is 5.32 Å². The Labute approximate surface area is 127 Å². The number of hydrogen-bond acceptors (Lipinski definition) is 2. The number of hydrogen-bond donors (Lipinski definition) is 1. The first-order valence-electron chi connectivity index (χ1n) is 8.27. The van der Waals surface area contributed by atoms with Crippen molar-refractivity contribution in [2.24, 2.45) is 5.92 Å². The van der Waals surface area contributed by atoms with Crippen molar-refractivity contribution < 1.29 is 4.79 Å². The van der Waals surface area contributed by atoms with Crippen LogP contribution >= 0.6 is 0 Å². The normalized spacial score (nSPS) is 25.9. The topological polar surface area (TPSA) is 32.3 Å². The molecule has 21 heavy (non-hydrogen) atoms. The predicted molar refractivity (Wildman–Crippen MR) is 84.8 cm³/mol. The van der Waals surface area contributed by atoms with Gasteiger partial charge in [-0.1, -0.05) is 45.0 Å². The molecule has 0 radical (unpaired) electrons. The Hall–Kier alpha value is -1.35. The number of carbonyl (C=O) groups is 1. The molecule has 1 aromatic carbocycles. The third-order valence-corrected chi connectivity index (χ3v) is 4.54. The van der Waals surface area contributed by atoms with E-state index in [4.69, 9.17) is 0 Å². The number of aryl methyl sites for hydroxylation is 1. The van der Waals surface area contributed by atoms with E-state index >= 15 is 0 Å². The Bertz CT molecular complexity index is 504. The van der Waals surface area contributed by atoms with Crippen molar-refractivity contribution in [3.05, 3.63) is 35.4 Å². The standard InChI is InChI=1S/C18H26N2O/c1-4-13-5-7-14(8-6-13)17-19-16(11-12(2)3)18(21)20(17)15-9-10-15/h5-8,12,15-17,19H,4,9-11H2,1-3H3. The van der Waals surface area contributed by atoms with Gasteiger partial charge in [-0.15, -0.1) is 0 Å². The van der Waals surface area contributed by atoms with Crippen LogP contribution in [-0.4, -0.2) is 22.9 Å². The van der Waals surface area contributed by atoms with Crippen molar-refractivity contribution in [3.8, 4) is 0 Å². The molecule has 0 aromatic heterocycles. The van der Waals surface area contributed by atoms with Gasteiger partial charge in [-0.3, -0.25) is 10.1 Å². The quantitative estimate of drug-likeness (QED) is 0.901. The largest absolute Gasteiger partial charge is 0.319 e. The second-order valence-corrected chi connectivity index (χ2v) is 6.82. The van der Waals surface area contributed by atoms with Gasteiger partial charge in [0.05, 0.1) is 6.04 Å². The molecule has 2 atom stereocenters. The summed E-state index contributed by atoms with van der Waals surface area (Å²) in [5.41, 5.74) is 2.57. The summed E-state index contributed by atoms with van der Waals surface area (Å²) >= 11 is 0. The molecule has 1 amide bonds. The highest BCUT2D eigenvalue weighted by Crippen LogP contribution is 2.38. The van der Waals surface area contributed by atoms with Crippen molar-refractivity contribution in [3.63, 3.8) is 0 Å². The summed E-state index contributed by atoms with van der Waals surface area (Å²) in [4.78, 5) is 14.8. The number of amides is 1. The Morgan fingerprint density at radius 2 is 1.90 bits per heavy atom. The molecule has 1 N–H and O–H groups in total. The maximum absolute atomic E-state index is 12.7. The summed E-state index contributed by atoms with van der Waals surface area (Å²) < 4.78 is 0. The van der Waals surface area contributed by atoms with Crippen molar-refractivity contribution in [1.29, 1.82) is 0 Å². The number of rotatable bonds is 5. The van der Waals surface area contributed by atoms with Crippen LogP contribution in [0.25, 0.3) is 0 Å². The van der Waals surface area contributed by atoms with Crippen molar-refractivity contribution >= 4 is 5.91 Å². The van der Waals surface area contributed by atoms with Crippen LogP contribution in [0.3, 0.4) is 0 Å². The average molecular weight is 286 g/mol. The Kier molecular flexibility index (Phi) is 4.03. The van der Waals surface area contributed by atoms with E-state index < -0.39 is 0 Å². The third kappa shape index (κ3) is 2.98. The highest BCUT2D eigenvalue weighted by atomic mass is 16.2. The maximum atomic E-state index is 12.7. The fourth-order valence-corrected chi connectivity index (χ4v) is 3.23. The second kappa shape index (κ2) is 5.80. The maximum Gasteiger partial charge on any atom is 0.241 e. The van der Waals surface area contributed by atoms with Gasteiger partial charge in [0, 0.05) is 6.04 Å². The Morgan fingerprint density at radius 3 is 2.43 bits per heavy atom. The van der Waals surface area contributed by atoms with Crippen LogP contribution in [0.4, 0.5) is 0 Å². The van der Waals surface area contributed by atoms with Gasteiger partial charge < -0.3 is 4.90 Å². The molecule has 1 aliphatic heterocycles. The second-order valence-electron chi connectivity index (χ2n) is 6.82. The molecule has 114 valence electrons. The molecular formula is C18H26N2O. The first kappa shape index (κ1) is 14.6. The molecule has 3 nitrogen and oxygen atoms in total. The van der Waals surface area contributed by atoms with E-state index in [1.54, 1.807) is 0 Å². The van der Waals surface area contributed by atoms with Gasteiger partial charge in [0.25, 0.3) is 0 Å². The van der Waals surface area contributed by atoms with Crippen LogP contribution in [0, 0.1) is 5.92 Å². The molecule has 2 aliphatic rings. The smallest absolute Gasteiger partial charge is 0.241 e. The summed E-state index contributed by atoms with van der Waals surface area (Å²) in [7, 11) is 0. The van der Waals surface area contributed by atoms with Gasteiger partial charge in [0.1, 0.15) is 6.17 Å². The van der Waals surface area contributed by atoms with Crippen LogP contribution in [0.2, 0.25) is 0 Å². The van der Waals surface area contributed by atoms with Crippen LogP contribution in [0.15, 0.2) is 24.3 Å². The van der Waals surface area contributed by atoms with E-state index in [1.807, 2.05) is 0 Å². The molecule has 3 rings (SSSR count). The Balaban J connectivity index is 1.82. The summed E-state index contributed by atoms with van der Waals surface area (Å²) in [5.74, 6) is 0.837. The lowest BCUT2D eigenvalue weighted by molar-refractivity contribution is -0.130. The molecule has 1 aliphatic carbocycles. The van der Waals surface area contributed by atoms with Gasteiger partial charge in [0.15, 0.2) is 0 Å². The van der Waals surface area contributed by atoms with E-state index in [1.165, 1.54) is 11.1 Å². The summed E-state index contributed by atoms with van der Waals surface area (Å²) in [6.45, 7) is 6.53. The first-order chi connectivity index (χ1) is 10.1. The van der Waals surface area contributed by atoms with E-state index in [0.717, 1.165) is 25.7 Å². The van der Waals surface area contributed by atoms with E-state index in [0.29, 0.717) is 17.9 Å². The number of benzene rings is 1. The molecular weight excluding hydrogens is 260 g/mol. The zero-order valence-corrected chi connectivity index (χ0v) is 13.3. The zero-order valence-electron chi connectivity index (χ0n) is 13.3. The molecule has 2 fully saturated rings. The van der Waals surface area contributed by atoms with Crippen LogP contribution in [-0.2, 0) is 11.2 Å². The van der Waals surface area contributed by atoms with Gasteiger partial charge >= 0.3 is 0 Å². The lowest BCUT2D eigenvalue weighted by Gasteiger charge is -2.24. The minimum absolute atomic E-state index is 0.0125. The SMILES string of the molecule is CCc1ccc(C2NC(CC(C)C)C(=O)N2C2CC2)cc1. The number of nitrogens with zero attached hydrogens (tertiary/aromatic N) is 1. The molecule has 3 heteroatoms. The third-order valence-electron chi connectivity index (χ3n) is 4.54. The molecule has 2 unspecified atom stereocenters. The molecule has 1 saturated carbocycles. The summed E-state index contributed by atoms with van der Waals surface area (Å²) in [6.07, 6.45) is 4.36. The van der Waals surface area contributed by atoms with Crippen LogP contribution in [0.5, 0.6) is 0 Å². The summed E-state index contributed by atoms with van der Waals surface area (Å²) in [6, 6.07) is 9.16. The van der Waals surface area contributed by atoms with Gasteiger partial charge in [-0.25, -0.2) is 0 Å². The van der Waals surface area contributed by atoms with Gasteiger partial charge in [-0.2, -0.15) is 0 Å². The molecule has 1 saturated heterocycles. The minimum Gasteiger partial charge on any atom is -0.319 e. The number of carbonyl (C=O) groups excluding carboxylic acids is 1. The minimum atomic E-state index is -0.0125. The summed E-state index contributed by atoms with van der Waals surface area (Å²) in [5, 5.41) is 3.57. The van der Waals surface area contributed by atoms with Gasteiger partial charge in [0.2, 0.25) is 5.91 Å². The highest BCUT2D eigenvalue weighted by molar-refractivity contribution is 5.85. The van der Waals surface area contributed by atoms with E-state index in [2.05, 4.69) is 55.3 Å². The molecule has 0 bridgehead atoms.